The van der Waals surface area contributed by atoms with Gasteiger partial charge in [-0.2, -0.15) is 0 Å². The first-order valence-corrected chi connectivity index (χ1v) is 8.08. The lowest BCUT2D eigenvalue weighted by atomic mass is 10.3. The Morgan fingerprint density at radius 1 is 1.14 bits per heavy atom. The number of anilines is 1. The first-order chi connectivity index (χ1) is 10.6. The third-order valence-corrected chi connectivity index (χ3v) is 3.25. The minimum atomic E-state index is -0.0116. The number of hydrogen-bond acceptors (Lipinski definition) is 5. The van der Waals surface area contributed by atoms with E-state index < -0.39 is 0 Å². The Morgan fingerprint density at radius 3 is 2.41 bits per heavy atom. The Labute approximate surface area is 133 Å². The molecule has 0 unspecified atom stereocenters. The molecule has 1 aromatic rings. The number of nitrogens with zero attached hydrogens (tertiary/aromatic N) is 4. The van der Waals surface area contributed by atoms with Gasteiger partial charge in [-0.1, -0.05) is 13.8 Å². The van der Waals surface area contributed by atoms with Crippen LogP contribution in [0.2, 0.25) is 0 Å². The molecule has 0 radical (unpaired) electrons. The summed E-state index contributed by atoms with van der Waals surface area (Å²) in [7, 11) is 4.11. The van der Waals surface area contributed by atoms with Crippen molar-refractivity contribution in [2.75, 3.05) is 45.6 Å². The summed E-state index contributed by atoms with van der Waals surface area (Å²) in [6.07, 6.45) is 4.38. The van der Waals surface area contributed by atoms with Gasteiger partial charge in [-0.3, -0.25) is 4.79 Å². The number of hydrogen-bond donors (Lipinski definition) is 1. The molecular weight excluding hydrogens is 278 g/mol. The van der Waals surface area contributed by atoms with Crippen LogP contribution in [0.5, 0.6) is 0 Å². The highest BCUT2D eigenvalue weighted by Crippen LogP contribution is 2.08. The first-order valence-electron chi connectivity index (χ1n) is 8.08. The van der Waals surface area contributed by atoms with Gasteiger partial charge in [0.05, 0.1) is 0 Å². The van der Waals surface area contributed by atoms with Gasteiger partial charge in [0.2, 0.25) is 0 Å². The second kappa shape index (κ2) is 10.1. The van der Waals surface area contributed by atoms with Crippen molar-refractivity contribution in [3.8, 4) is 0 Å². The van der Waals surface area contributed by atoms with Gasteiger partial charge in [0.1, 0.15) is 17.8 Å². The lowest BCUT2D eigenvalue weighted by Crippen LogP contribution is -2.33. The quantitative estimate of drug-likeness (QED) is 0.671. The fraction of sp³-hybridized carbons (Fsp3) is 0.688. The Kier molecular flexibility index (Phi) is 8.43. The summed E-state index contributed by atoms with van der Waals surface area (Å²) in [4.78, 5) is 24.8. The number of amides is 1. The van der Waals surface area contributed by atoms with Crippen LogP contribution in [0.4, 0.5) is 5.82 Å². The maximum absolute atomic E-state index is 12.5. The molecule has 0 bridgehead atoms. The molecule has 6 heteroatoms. The van der Waals surface area contributed by atoms with E-state index in [0.29, 0.717) is 11.5 Å². The molecule has 0 fully saturated rings. The third-order valence-electron chi connectivity index (χ3n) is 3.25. The number of rotatable bonds is 10. The molecule has 0 aliphatic rings. The van der Waals surface area contributed by atoms with E-state index in [9.17, 15) is 4.79 Å². The van der Waals surface area contributed by atoms with E-state index >= 15 is 0 Å². The van der Waals surface area contributed by atoms with E-state index in [4.69, 9.17) is 0 Å². The molecule has 0 aromatic carbocycles. The van der Waals surface area contributed by atoms with Crippen LogP contribution in [0, 0.1) is 0 Å². The largest absolute Gasteiger partial charge is 0.370 e. The van der Waals surface area contributed by atoms with E-state index in [-0.39, 0.29) is 5.91 Å². The van der Waals surface area contributed by atoms with Crippen molar-refractivity contribution in [1.29, 1.82) is 0 Å². The van der Waals surface area contributed by atoms with E-state index in [1.54, 1.807) is 6.07 Å². The average Bonchev–Trinajstić information content (AvgIpc) is 2.51. The standard InChI is InChI=1S/C16H29N5O/c1-5-9-21(10-6-2)16(22)14-12-15(19-13-18-14)17-8-7-11-20(3)4/h12-13H,5-11H2,1-4H3,(H,17,18,19). The van der Waals surface area contributed by atoms with Crippen LogP contribution in [-0.2, 0) is 0 Å². The zero-order chi connectivity index (χ0) is 16.4. The van der Waals surface area contributed by atoms with Crippen molar-refractivity contribution in [3.05, 3.63) is 18.1 Å². The number of aromatic nitrogens is 2. The molecule has 0 spiro atoms. The fourth-order valence-electron chi connectivity index (χ4n) is 2.20. The van der Waals surface area contributed by atoms with Gasteiger partial charge in [0, 0.05) is 25.7 Å². The van der Waals surface area contributed by atoms with Crippen molar-refractivity contribution < 1.29 is 4.79 Å². The number of carbonyl (C=O) groups is 1. The molecular formula is C16H29N5O. The molecule has 1 rings (SSSR count). The topological polar surface area (TPSA) is 61.4 Å². The van der Waals surface area contributed by atoms with Crippen LogP contribution in [-0.4, -0.2) is 65.9 Å². The van der Waals surface area contributed by atoms with Crippen LogP contribution < -0.4 is 5.32 Å². The van der Waals surface area contributed by atoms with Crippen LogP contribution in [0.1, 0.15) is 43.6 Å². The summed E-state index contributed by atoms with van der Waals surface area (Å²) in [5.41, 5.74) is 0.465. The second-order valence-corrected chi connectivity index (χ2v) is 5.66. The van der Waals surface area contributed by atoms with Gasteiger partial charge in [-0.15, -0.1) is 0 Å². The molecule has 0 aliphatic carbocycles. The third kappa shape index (κ3) is 6.39. The highest BCUT2D eigenvalue weighted by Gasteiger charge is 2.16. The molecule has 1 N–H and O–H groups in total. The minimum Gasteiger partial charge on any atom is -0.370 e. The zero-order valence-electron chi connectivity index (χ0n) is 14.3. The van der Waals surface area contributed by atoms with E-state index in [1.165, 1.54) is 6.33 Å². The molecule has 0 saturated heterocycles. The van der Waals surface area contributed by atoms with Gasteiger partial charge >= 0.3 is 0 Å². The molecule has 6 nitrogen and oxygen atoms in total. The first kappa shape index (κ1) is 18.4. The second-order valence-electron chi connectivity index (χ2n) is 5.66. The summed E-state index contributed by atoms with van der Waals surface area (Å²) in [6.45, 7) is 7.53. The minimum absolute atomic E-state index is 0.0116. The highest BCUT2D eigenvalue weighted by molar-refractivity contribution is 5.92. The molecule has 0 atom stereocenters. The van der Waals surface area contributed by atoms with E-state index in [1.807, 2.05) is 4.90 Å². The molecule has 1 aromatic heterocycles. The SMILES string of the molecule is CCCN(CCC)C(=O)c1cc(NCCCN(C)C)ncn1. The summed E-state index contributed by atoms with van der Waals surface area (Å²) < 4.78 is 0. The van der Waals surface area contributed by atoms with E-state index in [2.05, 4.69) is 48.1 Å². The van der Waals surface area contributed by atoms with Gasteiger partial charge < -0.3 is 15.1 Å². The smallest absolute Gasteiger partial charge is 0.272 e. The predicted molar refractivity (Wildman–Crippen MR) is 90.2 cm³/mol. The lowest BCUT2D eigenvalue weighted by molar-refractivity contribution is 0.0749. The van der Waals surface area contributed by atoms with Gasteiger partial charge in [-0.05, 0) is 39.9 Å². The zero-order valence-corrected chi connectivity index (χ0v) is 14.3. The fourth-order valence-corrected chi connectivity index (χ4v) is 2.20. The van der Waals surface area contributed by atoms with Crippen LogP contribution in [0.3, 0.4) is 0 Å². The lowest BCUT2D eigenvalue weighted by Gasteiger charge is -2.21. The maximum atomic E-state index is 12.5. The number of nitrogens with one attached hydrogen (secondary N) is 1. The Bertz CT molecular complexity index is 444. The molecule has 1 heterocycles. The normalized spacial score (nSPS) is 10.8. The average molecular weight is 307 g/mol. The summed E-state index contributed by atoms with van der Waals surface area (Å²) in [6, 6.07) is 1.75. The summed E-state index contributed by atoms with van der Waals surface area (Å²) in [5.74, 6) is 0.701. The summed E-state index contributed by atoms with van der Waals surface area (Å²) >= 11 is 0. The van der Waals surface area contributed by atoms with Crippen molar-refractivity contribution in [2.45, 2.75) is 33.1 Å². The van der Waals surface area contributed by atoms with Crippen molar-refractivity contribution in [2.24, 2.45) is 0 Å². The van der Waals surface area contributed by atoms with E-state index in [0.717, 1.165) is 45.4 Å². The molecule has 0 aliphatic heterocycles. The van der Waals surface area contributed by atoms with Gasteiger partial charge in [0.25, 0.3) is 5.91 Å². The maximum Gasteiger partial charge on any atom is 0.272 e. The predicted octanol–water partition coefficient (Wildman–Crippen LogP) is 2.10. The van der Waals surface area contributed by atoms with Crippen molar-refractivity contribution >= 4 is 11.7 Å². The van der Waals surface area contributed by atoms with Crippen molar-refractivity contribution in [3.63, 3.8) is 0 Å². The van der Waals surface area contributed by atoms with Gasteiger partial charge in [-0.25, -0.2) is 9.97 Å². The van der Waals surface area contributed by atoms with Crippen LogP contribution >= 0.6 is 0 Å². The number of carbonyl (C=O) groups excluding carboxylic acids is 1. The molecule has 22 heavy (non-hydrogen) atoms. The Balaban J connectivity index is 2.63. The molecule has 1 amide bonds. The van der Waals surface area contributed by atoms with Crippen LogP contribution in [0.25, 0.3) is 0 Å². The monoisotopic (exact) mass is 307 g/mol. The van der Waals surface area contributed by atoms with Crippen LogP contribution in [0.15, 0.2) is 12.4 Å². The molecule has 124 valence electrons. The summed E-state index contributed by atoms with van der Waals surface area (Å²) in [5, 5.41) is 3.25. The van der Waals surface area contributed by atoms with Gasteiger partial charge in [0.15, 0.2) is 0 Å². The highest BCUT2D eigenvalue weighted by atomic mass is 16.2. The molecule has 0 saturated carbocycles. The van der Waals surface area contributed by atoms with Crippen molar-refractivity contribution in [1.82, 2.24) is 19.8 Å². The Morgan fingerprint density at radius 2 is 1.82 bits per heavy atom. The Hall–Kier alpha value is -1.69.